The normalized spacial score (nSPS) is 10.4. The van der Waals surface area contributed by atoms with E-state index in [0.29, 0.717) is 11.3 Å². The second-order valence-electron chi connectivity index (χ2n) is 6.07. The summed E-state index contributed by atoms with van der Waals surface area (Å²) in [6.07, 6.45) is 3.44. The molecule has 1 aromatic heterocycles. The van der Waals surface area contributed by atoms with Crippen LogP contribution in [0.25, 0.3) is 0 Å². The molecule has 3 rings (SSSR count). The zero-order valence-electron chi connectivity index (χ0n) is 14.6. The van der Waals surface area contributed by atoms with E-state index in [9.17, 15) is 14.7 Å². The van der Waals surface area contributed by atoms with Gasteiger partial charge in [-0.2, -0.15) is 0 Å². The van der Waals surface area contributed by atoms with Crippen LogP contribution in [0.15, 0.2) is 73.1 Å². The molecule has 0 aliphatic rings. The molecule has 0 saturated heterocycles. The van der Waals surface area contributed by atoms with E-state index in [1.165, 1.54) is 11.0 Å². The van der Waals surface area contributed by atoms with Crippen molar-refractivity contribution in [3.63, 3.8) is 0 Å². The van der Waals surface area contributed by atoms with Gasteiger partial charge in [0.25, 0.3) is 0 Å². The van der Waals surface area contributed by atoms with Crippen molar-refractivity contribution in [1.82, 2.24) is 4.98 Å². The molecule has 3 N–H and O–H groups in total. The maximum Gasteiger partial charge on any atom is 0.248 e. The molecule has 0 aliphatic heterocycles. The first-order chi connectivity index (χ1) is 13.0. The van der Waals surface area contributed by atoms with Gasteiger partial charge in [-0.15, -0.1) is 0 Å². The molecule has 0 radical (unpaired) electrons. The van der Waals surface area contributed by atoms with Crippen molar-refractivity contribution in [1.29, 1.82) is 0 Å². The number of phenols is 1. The van der Waals surface area contributed by atoms with Crippen LogP contribution in [0.3, 0.4) is 0 Å². The number of rotatable bonds is 6. The Morgan fingerprint density at radius 2 is 1.70 bits per heavy atom. The van der Waals surface area contributed by atoms with Crippen LogP contribution in [0, 0.1) is 0 Å². The molecule has 0 aliphatic carbocycles. The number of para-hydroxylation sites is 2. The lowest BCUT2D eigenvalue weighted by Crippen LogP contribution is -2.32. The fraction of sp³-hybridized carbons (Fsp3) is 0.0952. The molecule has 6 nitrogen and oxygen atoms in total. The zero-order valence-corrected chi connectivity index (χ0v) is 14.6. The average molecular weight is 361 g/mol. The standard InChI is InChI=1S/C21H19N3O3/c22-21(27)17-9-7-15(8-10-17)14-24(18-5-1-2-6-19(18)25)20(26)12-16-4-3-11-23-13-16/h1-11,13,25H,12,14H2,(H2,22,27). The number of nitrogens with zero attached hydrogens (tertiary/aromatic N) is 2. The second-order valence-corrected chi connectivity index (χ2v) is 6.07. The maximum atomic E-state index is 13.0. The number of aromatic hydroxyl groups is 1. The summed E-state index contributed by atoms with van der Waals surface area (Å²) < 4.78 is 0. The Bertz CT molecular complexity index is 940. The fourth-order valence-electron chi connectivity index (χ4n) is 2.73. The number of hydrogen-bond acceptors (Lipinski definition) is 4. The molecule has 1 heterocycles. The van der Waals surface area contributed by atoms with E-state index in [0.717, 1.165) is 11.1 Å². The van der Waals surface area contributed by atoms with E-state index < -0.39 is 5.91 Å². The van der Waals surface area contributed by atoms with Crippen LogP contribution in [0.1, 0.15) is 21.5 Å². The highest BCUT2D eigenvalue weighted by Crippen LogP contribution is 2.28. The van der Waals surface area contributed by atoms with Gasteiger partial charge in [0.1, 0.15) is 5.75 Å². The van der Waals surface area contributed by atoms with Crippen molar-refractivity contribution in [2.75, 3.05) is 4.90 Å². The number of benzene rings is 2. The summed E-state index contributed by atoms with van der Waals surface area (Å²) in [4.78, 5) is 29.7. The Labute approximate surface area is 156 Å². The van der Waals surface area contributed by atoms with Crippen molar-refractivity contribution >= 4 is 17.5 Å². The molecule has 2 amide bonds. The quantitative estimate of drug-likeness (QED) is 0.705. The first kappa shape index (κ1) is 18.1. The van der Waals surface area contributed by atoms with E-state index in [-0.39, 0.29) is 24.6 Å². The number of hydrogen-bond donors (Lipinski definition) is 2. The topological polar surface area (TPSA) is 96.5 Å². The molecule has 0 spiro atoms. The molecule has 0 fully saturated rings. The molecule has 27 heavy (non-hydrogen) atoms. The summed E-state index contributed by atoms with van der Waals surface area (Å²) in [5.74, 6) is -0.666. The van der Waals surface area contributed by atoms with E-state index >= 15 is 0 Å². The Balaban J connectivity index is 1.89. The molecule has 3 aromatic rings. The van der Waals surface area contributed by atoms with Crippen molar-refractivity contribution in [3.05, 3.63) is 89.7 Å². The number of nitrogens with two attached hydrogens (primary N) is 1. The Kier molecular flexibility index (Phi) is 5.47. The third kappa shape index (κ3) is 4.49. The highest BCUT2D eigenvalue weighted by molar-refractivity contribution is 5.96. The van der Waals surface area contributed by atoms with E-state index in [4.69, 9.17) is 5.73 Å². The summed E-state index contributed by atoms with van der Waals surface area (Å²) in [6, 6.07) is 17.0. The van der Waals surface area contributed by atoms with Gasteiger partial charge in [-0.1, -0.05) is 30.3 Å². The minimum atomic E-state index is -0.508. The predicted octanol–water partition coefficient (Wildman–Crippen LogP) is 2.66. The number of carbonyl (C=O) groups excluding carboxylic acids is 2. The number of primary amides is 1. The lowest BCUT2D eigenvalue weighted by molar-refractivity contribution is -0.118. The zero-order chi connectivity index (χ0) is 19.2. The third-order valence-corrected chi connectivity index (χ3v) is 4.13. The van der Waals surface area contributed by atoms with Crippen molar-refractivity contribution in [2.45, 2.75) is 13.0 Å². The maximum absolute atomic E-state index is 13.0. The number of phenolic OH excluding ortho intramolecular Hbond substituents is 1. The first-order valence-electron chi connectivity index (χ1n) is 8.40. The van der Waals surface area contributed by atoms with Crippen LogP contribution in [0.2, 0.25) is 0 Å². The SMILES string of the molecule is NC(=O)c1ccc(CN(C(=O)Cc2cccnc2)c2ccccc2O)cc1. The van der Waals surface area contributed by atoms with E-state index in [1.807, 2.05) is 6.07 Å². The summed E-state index contributed by atoms with van der Waals surface area (Å²) in [7, 11) is 0. The number of pyridine rings is 1. The predicted molar refractivity (Wildman–Crippen MR) is 102 cm³/mol. The molecule has 136 valence electrons. The lowest BCUT2D eigenvalue weighted by atomic mass is 10.1. The fourth-order valence-corrected chi connectivity index (χ4v) is 2.73. The van der Waals surface area contributed by atoms with Crippen LogP contribution >= 0.6 is 0 Å². The lowest BCUT2D eigenvalue weighted by Gasteiger charge is -2.24. The van der Waals surface area contributed by atoms with E-state index in [2.05, 4.69) is 4.98 Å². The van der Waals surface area contributed by atoms with Gasteiger partial charge in [0, 0.05) is 18.0 Å². The van der Waals surface area contributed by atoms with Gasteiger partial charge >= 0.3 is 0 Å². The average Bonchev–Trinajstić information content (AvgIpc) is 2.68. The van der Waals surface area contributed by atoms with Gasteiger partial charge in [0.2, 0.25) is 11.8 Å². The number of aromatic nitrogens is 1. The largest absolute Gasteiger partial charge is 0.506 e. The number of carbonyl (C=O) groups is 2. The number of amides is 2. The minimum absolute atomic E-state index is 0.0193. The molecule has 0 saturated carbocycles. The molecular formula is C21H19N3O3. The third-order valence-electron chi connectivity index (χ3n) is 4.13. The highest BCUT2D eigenvalue weighted by Gasteiger charge is 2.19. The van der Waals surface area contributed by atoms with Gasteiger partial charge < -0.3 is 15.7 Å². The van der Waals surface area contributed by atoms with Crippen molar-refractivity contribution < 1.29 is 14.7 Å². The summed E-state index contributed by atoms with van der Waals surface area (Å²) in [5.41, 5.74) is 7.68. The van der Waals surface area contributed by atoms with Crippen LogP contribution in [-0.2, 0) is 17.8 Å². The van der Waals surface area contributed by atoms with Crippen LogP contribution in [0.4, 0.5) is 5.69 Å². The summed E-state index contributed by atoms with van der Waals surface area (Å²) in [5, 5.41) is 10.2. The van der Waals surface area contributed by atoms with Crippen molar-refractivity contribution in [3.8, 4) is 5.75 Å². The Morgan fingerprint density at radius 3 is 2.33 bits per heavy atom. The first-order valence-corrected chi connectivity index (χ1v) is 8.40. The Morgan fingerprint density at radius 1 is 0.963 bits per heavy atom. The number of anilines is 1. The molecule has 0 bridgehead atoms. The van der Waals surface area contributed by atoms with Crippen molar-refractivity contribution in [2.24, 2.45) is 5.73 Å². The Hall–Kier alpha value is -3.67. The summed E-state index contributed by atoms with van der Waals surface area (Å²) in [6.45, 7) is 0.246. The monoisotopic (exact) mass is 361 g/mol. The van der Waals surface area contributed by atoms with Gasteiger partial charge in [0.05, 0.1) is 18.7 Å². The molecule has 2 aromatic carbocycles. The summed E-state index contributed by atoms with van der Waals surface area (Å²) >= 11 is 0. The van der Waals surface area contributed by atoms with Gasteiger partial charge in [-0.05, 0) is 41.5 Å². The van der Waals surface area contributed by atoms with Crippen LogP contribution in [-0.4, -0.2) is 21.9 Å². The molecule has 0 atom stereocenters. The molecular weight excluding hydrogens is 342 g/mol. The van der Waals surface area contributed by atoms with Crippen LogP contribution in [0.5, 0.6) is 5.75 Å². The van der Waals surface area contributed by atoms with Gasteiger partial charge in [-0.25, -0.2) is 0 Å². The second kappa shape index (κ2) is 8.14. The minimum Gasteiger partial charge on any atom is -0.506 e. The molecule has 0 unspecified atom stereocenters. The molecule has 6 heteroatoms. The van der Waals surface area contributed by atoms with Crippen LogP contribution < -0.4 is 10.6 Å². The van der Waals surface area contributed by atoms with E-state index in [1.54, 1.807) is 60.9 Å². The smallest absolute Gasteiger partial charge is 0.248 e. The highest BCUT2D eigenvalue weighted by atomic mass is 16.3. The van der Waals surface area contributed by atoms with Gasteiger partial charge in [0.15, 0.2) is 0 Å². The van der Waals surface area contributed by atoms with Gasteiger partial charge in [-0.3, -0.25) is 14.6 Å².